The zero-order valence-corrected chi connectivity index (χ0v) is 11.3. The van der Waals surface area contributed by atoms with Crippen molar-refractivity contribution in [2.24, 2.45) is 0 Å². The first-order chi connectivity index (χ1) is 9.15. The molecule has 0 unspecified atom stereocenters. The van der Waals surface area contributed by atoms with Crippen LogP contribution in [0.2, 0.25) is 0 Å². The van der Waals surface area contributed by atoms with Crippen LogP contribution in [0.25, 0.3) is 6.08 Å². The van der Waals surface area contributed by atoms with Crippen molar-refractivity contribution in [3.63, 3.8) is 0 Å². The summed E-state index contributed by atoms with van der Waals surface area (Å²) in [6.07, 6.45) is 4.16. The molecular weight excluding hydrogens is 238 g/mol. The molecule has 0 bridgehead atoms. The third kappa shape index (κ3) is 2.86. The minimum absolute atomic E-state index is 0.136. The second kappa shape index (κ2) is 5.73. The molecule has 4 nitrogen and oxygen atoms in total. The molecule has 19 heavy (non-hydrogen) atoms. The van der Waals surface area contributed by atoms with Crippen LogP contribution in [0, 0.1) is 36.5 Å². The Balaban J connectivity index is 2.27. The predicted molar refractivity (Wildman–Crippen MR) is 72.1 cm³/mol. The molecule has 0 N–H and O–H groups in total. The summed E-state index contributed by atoms with van der Waals surface area (Å²) in [5, 5.41) is 17.6. The van der Waals surface area contributed by atoms with Crippen LogP contribution in [0.15, 0.2) is 11.6 Å². The summed E-state index contributed by atoms with van der Waals surface area (Å²) in [7, 11) is 0. The Labute approximate surface area is 113 Å². The van der Waals surface area contributed by atoms with E-state index >= 15 is 0 Å². The SMILES string of the molecule is Cc1cc(C=C(C#N)C#N)c(C)n1C[C@H]1CCCO1. The Morgan fingerprint density at radius 1 is 1.47 bits per heavy atom. The van der Waals surface area contributed by atoms with Gasteiger partial charge in [-0.25, -0.2) is 0 Å². The van der Waals surface area contributed by atoms with Crippen molar-refractivity contribution in [2.45, 2.75) is 39.3 Å². The number of aryl methyl sites for hydroxylation is 1. The highest BCUT2D eigenvalue weighted by atomic mass is 16.5. The molecule has 1 aliphatic heterocycles. The summed E-state index contributed by atoms with van der Waals surface area (Å²) in [6.45, 7) is 5.75. The van der Waals surface area contributed by atoms with E-state index < -0.39 is 0 Å². The number of allylic oxidation sites excluding steroid dienone is 1. The molecule has 0 radical (unpaired) electrons. The first kappa shape index (κ1) is 13.4. The predicted octanol–water partition coefficient (Wildman–Crippen LogP) is 2.71. The molecule has 0 aromatic carbocycles. The van der Waals surface area contributed by atoms with E-state index in [-0.39, 0.29) is 11.7 Å². The van der Waals surface area contributed by atoms with E-state index in [1.165, 1.54) is 0 Å². The second-order valence-corrected chi connectivity index (χ2v) is 4.85. The lowest BCUT2D eigenvalue weighted by molar-refractivity contribution is 0.0962. The number of ether oxygens (including phenoxy) is 1. The van der Waals surface area contributed by atoms with Gasteiger partial charge in [-0.1, -0.05) is 0 Å². The summed E-state index contributed by atoms with van der Waals surface area (Å²) in [4.78, 5) is 0. The van der Waals surface area contributed by atoms with E-state index in [1.54, 1.807) is 6.08 Å². The molecule has 1 aliphatic rings. The molecule has 1 aromatic heterocycles. The fourth-order valence-electron chi connectivity index (χ4n) is 2.49. The van der Waals surface area contributed by atoms with Gasteiger partial charge in [0, 0.05) is 24.5 Å². The van der Waals surface area contributed by atoms with Crippen LogP contribution in [0.4, 0.5) is 0 Å². The van der Waals surface area contributed by atoms with Gasteiger partial charge in [-0.15, -0.1) is 0 Å². The maximum absolute atomic E-state index is 8.82. The molecule has 0 spiro atoms. The van der Waals surface area contributed by atoms with Gasteiger partial charge < -0.3 is 9.30 Å². The molecule has 2 heterocycles. The Bertz CT molecular complexity index is 562. The van der Waals surface area contributed by atoms with Gasteiger partial charge in [0.15, 0.2) is 0 Å². The van der Waals surface area contributed by atoms with E-state index in [2.05, 4.69) is 4.57 Å². The Hall–Kier alpha value is -2.04. The molecule has 98 valence electrons. The fourth-order valence-corrected chi connectivity index (χ4v) is 2.49. The number of hydrogen-bond acceptors (Lipinski definition) is 3. The van der Waals surface area contributed by atoms with Gasteiger partial charge in [0.05, 0.1) is 6.10 Å². The summed E-state index contributed by atoms with van der Waals surface area (Å²) in [6, 6.07) is 5.80. The van der Waals surface area contributed by atoms with Gasteiger partial charge in [-0.2, -0.15) is 10.5 Å². The largest absolute Gasteiger partial charge is 0.376 e. The van der Waals surface area contributed by atoms with Gasteiger partial charge in [0.2, 0.25) is 0 Å². The van der Waals surface area contributed by atoms with Gasteiger partial charge >= 0.3 is 0 Å². The molecule has 0 saturated carbocycles. The number of hydrogen-bond donors (Lipinski definition) is 0. The van der Waals surface area contributed by atoms with Crippen molar-refractivity contribution >= 4 is 6.08 Å². The Kier molecular flexibility index (Phi) is 4.04. The molecule has 0 aliphatic carbocycles. The first-order valence-corrected chi connectivity index (χ1v) is 6.46. The molecule has 1 atom stereocenters. The van der Waals surface area contributed by atoms with Crippen molar-refractivity contribution in [1.82, 2.24) is 4.57 Å². The molecular formula is C15H17N3O. The minimum Gasteiger partial charge on any atom is -0.376 e. The van der Waals surface area contributed by atoms with Crippen LogP contribution in [-0.4, -0.2) is 17.3 Å². The van der Waals surface area contributed by atoms with Crippen molar-refractivity contribution in [3.05, 3.63) is 28.6 Å². The van der Waals surface area contributed by atoms with E-state index in [0.29, 0.717) is 0 Å². The molecule has 2 rings (SSSR count). The third-order valence-corrected chi connectivity index (χ3v) is 3.56. The van der Waals surface area contributed by atoms with Gasteiger partial charge in [0.1, 0.15) is 17.7 Å². The van der Waals surface area contributed by atoms with Crippen LogP contribution in [-0.2, 0) is 11.3 Å². The van der Waals surface area contributed by atoms with Gasteiger partial charge in [-0.3, -0.25) is 0 Å². The third-order valence-electron chi connectivity index (χ3n) is 3.56. The summed E-state index contributed by atoms with van der Waals surface area (Å²) >= 11 is 0. The average molecular weight is 255 g/mol. The van der Waals surface area contributed by atoms with Crippen LogP contribution in [0.1, 0.15) is 29.8 Å². The monoisotopic (exact) mass is 255 g/mol. The Morgan fingerprint density at radius 3 is 2.79 bits per heavy atom. The topological polar surface area (TPSA) is 61.7 Å². The van der Waals surface area contributed by atoms with E-state index in [0.717, 1.165) is 42.9 Å². The van der Waals surface area contributed by atoms with Gasteiger partial charge in [-0.05, 0) is 44.4 Å². The summed E-state index contributed by atoms with van der Waals surface area (Å²) in [5.41, 5.74) is 3.29. The van der Waals surface area contributed by atoms with Crippen molar-refractivity contribution in [2.75, 3.05) is 6.61 Å². The Morgan fingerprint density at radius 2 is 2.21 bits per heavy atom. The highest BCUT2D eigenvalue weighted by Gasteiger charge is 2.18. The molecule has 1 saturated heterocycles. The van der Waals surface area contributed by atoms with Crippen LogP contribution >= 0.6 is 0 Å². The number of aromatic nitrogens is 1. The van der Waals surface area contributed by atoms with E-state index in [4.69, 9.17) is 15.3 Å². The zero-order chi connectivity index (χ0) is 13.8. The molecule has 1 aromatic rings. The highest BCUT2D eigenvalue weighted by Crippen LogP contribution is 2.21. The second-order valence-electron chi connectivity index (χ2n) is 4.85. The first-order valence-electron chi connectivity index (χ1n) is 6.46. The van der Waals surface area contributed by atoms with Crippen LogP contribution in [0.5, 0.6) is 0 Å². The van der Waals surface area contributed by atoms with Crippen molar-refractivity contribution < 1.29 is 4.74 Å². The van der Waals surface area contributed by atoms with Crippen molar-refractivity contribution in [1.29, 1.82) is 10.5 Å². The quantitative estimate of drug-likeness (QED) is 0.780. The minimum atomic E-state index is 0.136. The maximum atomic E-state index is 8.82. The fraction of sp³-hybridized carbons (Fsp3) is 0.467. The molecule has 0 amide bonds. The number of rotatable bonds is 3. The smallest absolute Gasteiger partial charge is 0.130 e. The highest BCUT2D eigenvalue weighted by molar-refractivity contribution is 5.64. The average Bonchev–Trinajstić information content (AvgIpc) is 3.00. The molecule has 1 fully saturated rings. The van der Waals surface area contributed by atoms with E-state index in [9.17, 15) is 0 Å². The van der Waals surface area contributed by atoms with Crippen LogP contribution < -0.4 is 0 Å². The normalized spacial score (nSPS) is 17.8. The number of nitrogens with zero attached hydrogens (tertiary/aromatic N) is 3. The lowest BCUT2D eigenvalue weighted by Gasteiger charge is -2.14. The standard InChI is InChI=1S/C15H17N3O/c1-11-6-14(7-13(8-16)9-17)12(2)18(11)10-15-4-3-5-19-15/h6-7,15H,3-5,10H2,1-2H3/t15-/m1/s1. The number of nitriles is 2. The lowest BCUT2D eigenvalue weighted by atomic mass is 10.1. The zero-order valence-electron chi connectivity index (χ0n) is 11.3. The molecule has 4 heteroatoms. The maximum Gasteiger partial charge on any atom is 0.130 e. The van der Waals surface area contributed by atoms with Gasteiger partial charge in [0.25, 0.3) is 0 Å². The van der Waals surface area contributed by atoms with E-state index in [1.807, 2.05) is 32.1 Å². The lowest BCUT2D eigenvalue weighted by Crippen LogP contribution is -2.16. The van der Waals surface area contributed by atoms with Crippen LogP contribution in [0.3, 0.4) is 0 Å². The summed E-state index contributed by atoms with van der Waals surface area (Å²) in [5.74, 6) is 0. The summed E-state index contributed by atoms with van der Waals surface area (Å²) < 4.78 is 7.86. The van der Waals surface area contributed by atoms with Crippen molar-refractivity contribution in [3.8, 4) is 12.1 Å².